The van der Waals surface area contributed by atoms with Gasteiger partial charge < -0.3 is 23.5 Å². The molecule has 0 atom stereocenters. The third-order valence-corrected chi connectivity index (χ3v) is 4.13. The maximum absolute atomic E-state index is 12.7. The first-order valence-electron chi connectivity index (χ1n) is 9.30. The monoisotopic (exact) mass is 411 g/mol. The summed E-state index contributed by atoms with van der Waals surface area (Å²) in [4.78, 5) is 24.8. The molecule has 0 aliphatic carbocycles. The molecular weight excluding hydrogens is 386 g/mol. The fourth-order valence-electron chi connectivity index (χ4n) is 2.68. The summed E-state index contributed by atoms with van der Waals surface area (Å²) in [6.07, 6.45) is 1.54. The molecule has 0 saturated carbocycles. The van der Waals surface area contributed by atoms with Gasteiger partial charge in [-0.3, -0.25) is 4.79 Å². The van der Waals surface area contributed by atoms with Crippen molar-refractivity contribution in [1.82, 2.24) is 4.57 Å². The Morgan fingerprint density at radius 3 is 2.46 bits per heavy atom. The maximum atomic E-state index is 12.7. The lowest BCUT2D eigenvalue weighted by molar-refractivity contribution is 0.0410. The van der Waals surface area contributed by atoms with Crippen LogP contribution in [-0.2, 0) is 20.8 Å². The Balaban J connectivity index is 2.07. The smallest absolute Gasteiger partial charge is 0.343 e. The van der Waals surface area contributed by atoms with E-state index >= 15 is 0 Å². The van der Waals surface area contributed by atoms with Crippen molar-refractivity contribution >= 4 is 28.5 Å². The van der Waals surface area contributed by atoms with E-state index in [9.17, 15) is 9.59 Å². The number of alkyl halides is 1. The average molecular weight is 412 g/mol. The van der Waals surface area contributed by atoms with Gasteiger partial charge in [-0.15, -0.1) is 11.6 Å². The minimum absolute atomic E-state index is 0.0219. The van der Waals surface area contributed by atoms with Crippen LogP contribution < -0.4 is 10.2 Å². The maximum Gasteiger partial charge on any atom is 0.343 e. The van der Waals surface area contributed by atoms with Gasteiger partial charge >= 0.3 is 5.97 Å². The predicted molar refractivity (Wildman–Crippen MR) is 108 cm³/mol. The van der Waals surface area contributed by atoms with Crippen molar-refractivity contribution < 1.29 is 23.7 Å². The van der Waals surface area contributed by atoms with Crippen molar-refractivity contribution in [2.45, 2.75) is 20.4 Å². The van der Waals surface area contributed by atoms with E-state index in [4.69, 9.17) is 30.5 Å². The summed E-state index contributed by atoms with van der Waals surface area (Å²) < 4.78 is 23.1. The number of hydrogen-bond acceptors (Lipinski definition) is 6. The summed E-state index contributed by atoms with van der Waals surface area (Å²) in [5.41, 5.74) is 0.394. The van der Waals surface area contributed by atoms with Gasteiger partial charge in [0.2, 0.25) is 5.43 Å². The Hall–Kier alpha value is -2.09. The molecule has 0 bridgehead atoms. The third kappa shape index (κ3) is 5.95. The van der Waals surface area contributed by atoms with Crippen LogP contribution in [0.15, 0.2) is 29.2 Å². The molecule has 8 heteroatoms. The summed E-state index contributed by atoms with van der Waals surface area (Å²) in [7, 11) is 0. The van der Waals surface area contributed by atoms with E-state index in [1.54, 1.807) is 25.3 Å². The standard InChI is InChI=1S/C20H26ClNO6/c1-3-22-14-17(20(24)27-4-2)19(23)16-13-15(5-6-18(16)22)28-12-11-26-10-9-25-8-7-21/h5-6,13-14H,3-4,7-12H2,1-2H3. The molecule has 2 aromatic rings. The van der Waals surface area contributed by atoms with Gasteiger partial charge in [0.25, 0.3) is 0 Å². The van der Waals surface area contributed by atoms with Crippen LogP contribution in [-0.4, -0.2) is 56.1 Å². The number of hydrogen-bond donors (Lipinski definition) is 0. The zero-order chi connectivity index (χ0) is 20.4. The molecule has 0 radical (unpaired) electrons. The Morgan fingerprint density at radius 2 is 1.79 bits per heavy atom. The minimum atomic E-state index is -0.618. The van der Waals surface area contributed by atoms with Gasteiger partial charge in [0.15, 0.2) is 0 Å². The normalized spacial score (nSPS) is 11.0. The molecule has 28 heavy (non-hydrogen) atoms. The Bertz CT molecular complexity index is 835. The second kappa shape index (κ2) is 11.7. The van der Waals surface area contributed by atoms with Crippen LogP contribution in [0.25, 0.3) is 10.9 Å². The quantitative estimate of drug-likeness (QED) is 0.303. The number of nitrogens with zero attached hydrogens (tertiary/aromatic N) is 1. The highest BCUT2D eigenvalue weighted by atomic mass is 35.5. The van der Waals surface area contributed by atoms with Crippen molar-refractivity contribution in [2.24, 2.45) is 0 Å². The van der Waals surface area contributed by atoms with Gasteiger partial charge in [0.05, 0.1) is 43.9 Å². The highest BCUT2D eigenvalue weighted by Crippen LogP contribution is 2.20. The first kappa shape index (κ1) is 22.2. The zero-order valence-electron chi connectivity index (χ0n) is 16.2. The van der Waals surface area contributed by atoms with Crippen LogP contribution in [0.1, 0.15) is 24.2 Å². The van der Waals surface area contributed by atoms with E-state index < -0.39 is 5.97 Å². The number of carbonyl (C=O) groups is 1. The number of fused-ring (bicyclic) bond motifs is 1. The van der Waals surface area contributed by atoms with E-state index in [0.717, 1.165) is 5.52 Å². The van der Waals surface area contributed by atoms with Crippen LogP contribution >= 0.6 is 11.6 Å². The van der Waals surface area contributed by atoms with E-state index in [2.05, 4.69) is 0 Å². The number of rotatable bonds is 12. The summed E-state index contributed by atoms with van der Waals surface area (Å²) in [6, 6.07) is 5.25. The molecule has 7 nitrogen and oxygen atoms in total. The number of benzene rings is 1. The summed E-state index contributed by atoms with van der Waals surface area (Å²) >= 11 is 5.51. The summed E-state index contributed by atoms with van der Waals surface area (Å²) in [5, 5.41) is 0.417. The number of carbonyl (C=O) groups excluding carboxylic acids is 1. The molecule has 0 aliphatic heterocycles. The van der Waals surface area contributed by atoms with Crippen molar-refractivity contribution in [1.29, 1.82) is 0 Å². The lowest BCUT2D eigenvalue weighted by Crippen LogP contribution is -2.21. The predicted octanol–water partition coefficient (Wildman–Crippen LogP) is 2.85. The SMILES string of the molecule is CCOC(=O)c1cn(CC)c2ccc(OCCOCCOCCCl)cc2c1=O. The molecule has 0 amide bonds. The molecule has 0 fully saturated rings. The third-order valence-electron chi connectivity index (χ3n) is 3.98. The Kier molecular flexibility index (Phi) is 9.27. The highest BCUT2D eigenvalue weighted by Gasteiger charge is 2.16. The zero-order valence-corrected chi connectivity index (χ0v) is 17.0. The number of aryl methyl sites for hydroxylation is 1. The lowest BCUT2D eigenvalue weighted by Gasteiger charge is -2.13. The molecular formula is C20H26ClNO6. The molecule has 0 saturated heterocycles. The second-order valence-electron chi connectivity index (χ2n) is 5.82. The van der Waals surface area contributed by atoms with Crippen molar-refractivity contribution in [3.63, 3.8) is 0 Å². The molecule has 0 aliphatic rings. The average Bonchev–Trinajstić information content (AvgIpc) is 2.70. The number of aromatic nitrogens is 1. The molecule has 1 heterocycles. The molecule has 1 aromatic heterocycles. The van der Waals surface area contributed by atoms with Crippen LogP contribution in [0, 0.1) is 0 Å². The largest absolute Gasteiger partial charge is 0.491 e. The second-order valence-corrected chi connectivity index (χ2v) is 6.20. The van der Waals surface area contributed by atoms with Crippen molar-refractivity contribution in [3.05, 3.63) is 40.2 Å². The van der Waals surface area contributed by atoms with Gasteiger partial charge in [0.1, 0.15) is 17.9 Å². The molecule has 0 unspecified atom stereocenters. The summed E-state index contributed by atoms with van der Waals surface area (Å²) in [5.74, 6) is 0.380. The van der Waals surface area contributed by atoms with Gasteiger partial charge in [0, 0.05) is 18.6 Å². The fraction of sp³-hybridized carbons (Fsp3) is 0.500. The van der Waals surface area contributed by atoms with Crippen LogP contribution in [0.4, 0.5) is 0 Å². The molecule has 0 spiro atoms. The molecule has 1 aromatic carbocycles. The van der Waals surface area contributed by atoms with E-state index in [1.807, 2.05) is 17.6 Å². The Morgan fingerprint density at radius 1 is 1.07 bits per heavy atom. The van der Waals surface area contributed by atoms with E-state index in [1.165, 1.54) is 0 Å². The number of ether oxygens (including phenoxy) is 4. The van der Waals surface area contributed by atoms with Crippen molar-refractivity contribution in [3.8, 4) is 5.75 Å². The number of pyridine rings is 1. The number of esters is 1. The van der Waals surface area contributed by atoms with Crippen molar-refractivity contribution in [2.75, 3.05) is 45.5 Å². The molecule has 2 rings (SSSR count). The molecule has 0 N–H and O–H groups in total. The van der Waals surface area contributed by atoms with Crippen LogP contribution in [0.2, 0.25) is 0 Å². The topological polar surface area (TPSA) is 76.0 Å². The van der Waals surface area contributed by atoms with Gasteiger partial charge in [-0.2, -0.15) is 0 Å². The first-order chi connectivity index (χ1) is 13.6. The first-order valence-corrected chi connectivity index (χ1v) is 9.84. The van der Waals surface area contributed by atoms with Gasteiger partial charge in [-0.1, -0.05) is 0 Å². The van der Waals surface area contributed by atoms with Crippen LogP contribution in [0.3, 0.4) is 0 Å². The summed E-state index contributed by atoms with van der Waals surface area (Å²) in [6.45, 7) is 6.64. The lowest BCUT2D eigenvalue weighted by atomic mass is 10.1. The van der Waals surface area contributed by atoms with Gasteiger partial charge in [-0.25, -0.2) is 4.79 Å². The van der Waals surface area contributed by atoms with E-state index in [0.29, 0.717) is 56.6 Å². The number of halogens is 1. The highest BCUT2D eigenvalue weighted by molar-refractivity contribution is 6.17. The van der Waals surface area contributed by atoms with Gasteiger partial charge in [-0.05, 0) is 32.0 Å². The van der Waals surface area contributed by atoms with E-state index in [-0.39, 0.29) is 17.6 Å². The Labute approximate surface area is 169 Å². The fourth-order valence-corrected chi connectivity index (χ4v) is 2.79. The minimum Gasteiger partial charge on any atom is -0.491 e. The molecule has 154 valence electrons. The van der Waals surface area contributed by atoms with Crippen LogP contribution in [0.5, 0.6) is 5.75 Å².